The molecule has 2 aromatic rings. The summed E-state index contributed by atoms with van der Waals surface area (Å²) in [5.41, 5.74) is 3.45. The molecule has 1 saturated heterocycles. The zero-order valence-electron chi connectivity index (χ0n) is 19.3. The number of ether oxygens (including phenoxy) is 1. The fraction of sp³-hybridized carbons (Fsp3) is 0.400. The lowest BCUT2D eigenvalue weighted by Crippen LogP contribution is -2.52. The predicted molar refractivity (Wildman–Crippen MR) is 131 cm³/mol. The summed E-state index contributed by atoms with van der Waals surface area (Å²) in [4.78, 5) is 16.4. The van der Waals surface area contributed by atoms with Crippen molar-refractivity contribution in [1.29, 1.82) is 0 Å². The summed E-state index contributed by atoms with van der Waals surface area (Å²) in [5, 5.41) is 34.7. The summed E-state index contributed by atoms with van der Waals surface area (Å²) in [6.45, 7) is 7.41. The van der Waals surface area contributed by atoms with E-state index in [9.17, 15) is 20.3 Å². The Hall–Kier alpha value is -3.11. The monoisotopic (exact) mass is 467 g/mol. The minimum absolute atomic E-state index is 0.0129. The summed E-state index contributed by atoms with van der Waals surface area (Å²) in [7, 11) is 0. The summed E-state index contributed by atoms with van der Waals surface area (Å²) in [5.74, 6) is -0.371. The number of aliphatic hydroxyl groups excluding tert-OH is 1. The van der Waals surface area contributed by atoms with Gasteiger partial charge in [-0.2, -0.15) is 0 Å². The molecule has 2 aromatic carbocycles. The van der Waals surface area contributed by atoms with Gasteiger partial charge in [-0.15, -0.1) is 0 Å². The quantitative estimate of drug-likeness (QED) is 0.529. The van der Waals surface area contributed by atoms with Crippen molar-refractivity contribution >= 4 is 23.0 Å². The maximum atomic E-state index is 12.5. The smallest absolute Gasteiger partial charge is 0.255 e. The van der Waals surface area contributed by atoms with Crippen LogP contribution in [-0.2, 0) is 11.3 Å². The van der Waals surface area contributed by atoms with E-state index in [1.54, 1.807) is 12.1 Å². The Morgan fingerprint density at radius 1 is 1.24 bits per heavy atom. The van der Waals surface area contributed by atoms with Crippen molar-refractivity contribution < 1.29 is 19.8 Å². The van der Waals surface area contributed by atoms with E-state index in [4.69, 9.17) is 4.74 Å². The van der Waals surface area contributed by atoms with Crippen LogP contribution in [0.15, 0.2) is 54.7 Å². The van der Waals surface area contributed by atoms with Crippen LogP contribution in [0.5, 0.6) is 0 Å². The number of carbonyl (C=O) groups excluding carboxylic acids is 1. The third-order valence-electron chi connectivity index (χ3n) is 6.38. The molecule has 0 spiro atoms. The molecule has 9 heteroatoms. The minimum atomic E-state index is -1.00. The van der Waals surface area contributed by atoms with Gasteiger partial charge in [0.15, 0.2) is 0 Å². The van der Waals surface area contributed by atoms with Crippen molar-refractivity contribution in [1.82, 2.24) is 5.32 Å². The lowest BCUT2D eigenvalue weighted by Gasteiger charge is -2.45. The highest BCUT2D eigenvalue weighted by Crippen LogP contribution is 2.36. The van der Waals surface area contributed by atoms with Crippen LogP contribution in [0.25, 0.3) is 0 Å². The molecule has 2 heterocycles. The van der Waals surface area contributed by atoms with Crippen LogP contribution in [0.2, 0.25) is 0 Å². The number of rotatable bonds is 7. The van der Waals surface area contributed by atoms with Crippen molar-refractivity contribution in [2.75, 3.05) is 28.1 Å². The first kappa shape index (κ1) is 24.0. The second kappa shape index (κ2) is 10.4. The van der Waals surface area contributed by atoms with Crippen LogP contribution in [-0.4, -0.2) is 41.8 Å². The van der Waals surface area contributed by atoms with Crippen LogP contribution in [0, 0.1) is 5.21 Å². The lowest BCUT2D eigenvalue weighted by molar-refractivity contribution is -0.120. The molecular formula is C25H31N4O5-. The Balaban J connectivity index is 1.48. The summed E-state index contributed by atoms with van der Waals surface area (Å²) >= 11 is 0. The highest BCUT2D eigenvalue weighted by atomic mass is 16.8. The topological polar surface area (TPSA) is 112 Å². The van der Waals surface area contributed by atoms with Gasteiger partial charge in [-0.3, -0.25) is 10.0 Å². The first-order chi connectivity index (χ1) is 16.4. The van der Waals surface area contributed by atoms with Gasteiger partial charge in [0.25, 0.3) is 5.91 Å². The number of nitrogens with zero attached hydrogens (tertiary/aromatic N) is 3. The molecule has 1 atom stereocenters. The summed E-state index contributed by atoms with van der Waals surface area (Å²) in [6.07, 6.45) is 1.96. The van der Waals surface area contributed by atoms with E-state index < -0.39 is 6.41 Å². The van der Waals surface area contributed by atoms with Gasteiger partial charge in [0, 0.05) is 41.6 Å². The molecule has 2 aliphatic heterocycles. The molecule has 4 rings (SSSR count). The molecule has 0 bridgehead atoms. The van der Waals surface area contributed by atoms with E-state index >= 15 is 0 Å². The van der Waals surface area contributed by atoms with Crippen LogP contribution in [0.1, 0.15) is 48.5 Å². The third-order valence-corrected chi connectivity index (χ3v) is 6.38. The highest BCUT2D eigenvalue weighted by Gasteiger charge is 2.34. The largest absolute Gasteiger partial charge is 0.733 e. The number of para-hydroxylation sites is 1. The van der Waals surface area contributed by atoms with Crippen LogP contribution in [0.4, 0.5) is 17.1 Å². The first-order valence-electron chi connectivity index (χ1n) is 11.6. The van der Waals surface area contributed by atoms with Crippen molar-refractivity contribution in [3.63, 3.8) is 0 Å². The number of carbonyl (C=O) groups is 1. The Morgan fingerprint density at radius 3 is 2.68 bits per heavy atom. The number of hydrogen-bond donors (Lipinski definition) is 3. The van der Waals surface area contributed by atoms with E-state index in [0.717, 1.165) is 30.5 Å². The standard InChI is InChI=1S/C25H31N4O5/c1-3-6-17(2)26-24(30)18-9-10-22(23(15-18)29(32)33)27-13-11-20(12-14-27)28-21-8-5-4-7-19(21)16-34-25(28)31/h4-5,7-10,15,20,25,31-32H,2-3,6,11-14,16H2,1H3,(H,26,30)/q-1. The average Bonchev–Trinajstić information content (AvgIpc) is 2.84. The van der Waals surface area contributed by atoms with Crippen LogP contribution in [0.3, 0.4) is 0 Å². The molecule has 0 aliphatic carbocycles. The summed E-state index contributed by atoms with van der Waals surface area (Å²) < 4.78 is 5.55. The third kappa shape index (κ3) is 5.02. The summed E-state index contributed by atoms with van der Waals surface area (Å²) in [6, 6.07) is 12.7. The van der Waals surface area contributed by atoms with E-state index in [0.29, 0.717) is 37.5 Å². The Kier molecular flexibility index (Phi) is 7.38. The number of fused-ring (bicyclic) bond motifs is 1. The van der Waals surface area contributed by atoms with Crippen LogP contribution < -0.4 is 20.3 Å². The van der Waals surface area contributed by atoms with Gasteiger partial charge in [-0.25, -0.2) is 0 Å². The minimum Gasteiger partial charge on any atom is -0.733 e. The number of nitrogens with one attached hydrogen (secondary N) is 1. The maximum absolute atomic E-state index is 12.5. The molecular weight excluding hydrogens is 436 g/mol. The lowest BCUT2D eigenvalue weighted by atomic mass is 9.99. The molecule has 1 amide bonds. The second-order valence-electron chi connectivity index (χ2n) is 8.68. The van der Waals surface area contributed by atoms with E-state index in [1.807, 2.05) is 41.0 Å². The molecule has 0 radical (unpaired) electrons. The number of anilines is 3. The molecule has 9 nitrogen and oxygen atoms in total. The van der Waals surface area contributed by atoms with Crippen molar-refractivity contribution in [2.45, 2.75) is 51.7 Å². The average molecular weight is 468 g/mol. The van der Waals surface area contributed by atoms with E-state index in [2.05, 4.69) is 11.9 Å². The molecule has 182 valence electrons. The molecule has 34 heavy (non-hydrogen) atoms. The van der Waals surface area contributed by atoms with Gasteiger partial charge in [-0.05, 0) is 43.5 Å². The number of benzene rings is 2. The fourth-order valence-corrected chi connectivity index (χ4v) is 4.69. The van der Waals surface area contributed by atoms with Crippen LogP contribution >= 0.6 is 0 Å². The maximum Gasteiger partial charge on any atom is 0.255 e. The number of allylic oxidation sites excluding steroid dienone is 1. The van der Waals surface area contributed by atoms with Gasteiger partial charge in [0.05, 0.1) is 18.0 Å². The van der Waals surface area contributed by atoms with Gasteiger partial charge in [0.1, 0.15) is 0 Å². The molecule has 0 aromatic heterocycles. The molecule has 2 aliphatic rings. The van der Waals surface area contributed by atoms with Gasteiger partial charge in [0.2, 0.25) is 6.41 Å². The van der Waals surface area contributed by atoms with Crippen molar-refractivity contribution in [3.8, 4) is 0 Å². The number of hydrogen-bond acceptors (Lipinski definition) is 8. The SMILES string of the molecule is C=C(CCC)NC(=O)c1ccc(N2CCC(N3c4ccccc4COC3O)CC2)c(N([O-])O)c1. The molecule has 1 fully saturated rings. The fourth-order valence-electron chi connectivity index (χ4n) is 4.69. The number of piperidine rings is 1. The normalized spacial score (nSPS) is 18.4. The Labute approximate surface area is 199 Å². The second-order valence-corrected chi connectivity index (χ2v) is 8.68. The molecule has 3 N–H and O–H groups in total. The number of aliphatic hydroxyl groups is 1. The Morgan fingerprint density at radius 2 is 1.97 bits per heavy atom. The Bertz CT molecular complexity index is 1040. The van der Waals surface area contributed by atoms with Gasteiger partial charge in [-0.1, -0.05) is 38.1 Å². The molecule has 1 unspecified atom stereocenters. The number of amides is 1. The zero-order valence-corrected chi connectivity index (χ0v) is 19.3. The van der Waals surface area contributed by atoms with Gasteiger partial charge < -0.3 is 35.4 Å². The van der Waals surface area contributed by atoms with E-state index in [1.165, 1.54) is 6.07 Å². The first-order valence-corrected chi connectivity index (χ1v) is 11.6. The van der Waals surface area contributed by atoms with E-state index in [-0.39, 0.29) is 28.4 Å². The van der Waals surface area contributed by atoms with Crippen molar-refractivity contribution in [3.05, 3.63) is 71.1 Å². The zero-order chi connectivity index (χ0) is 24.2. The van der Waals surface area contributed by atoms with Crippen molar-refractivity contribution in [2.24, 2.45) is 0 Å². The predicted octanol–water partition coefficient (Wildman–Crippen LogP) is 3.71. The highest BCUT2D eigenvalue weighted by molar-refractivity contribution is 5.97. The van der Waals surface area contributed by atoms with Gasteiger partial charge >= 0.3 is 0 Å². The molecule has 0 saturated carbocycles.